The highest BCUT2D eigenvalue weighted by Gasteiger charge is 2.53. The maximum atomic E-state index is 13.0. The maximum absolute atomic E-state index is 13.0. The topological polar surface area (TPSA) is 17.1 Å². The maximum Gasteiger partial charge on any atom is 0.140 e. The molecule has 0 aromatic heterocycles. The lowest BCUT2D eigenvalue weighted by Gasteiger charge is -2.04. The third-order valence-corrected chi connectivity index (χ3v) is 4.33. The van der Waals surface area contributed by atoms with E-state index in [4.69, 9.17) is 0 Å². The molecule has 0 aliphatic heterocycles. The van der Waals surface area contributed by atoms with Crippen LogP contribution in [0.15, 0.2) is 18.2 Å². The van der Waals surface area contributed by atoms with E-state index in [0.717, 1.165) is 18.9 Å². The summed E-state index contributed by atoms with van der Waals surface area (Å²) in [4.78, 5) is 12.1. The zero-order valence-electron chi connectivity index (χ0n) is 10.2. The van der Waals surface area contributed by atoms with Gasteiger partial charge in [-0.25, -0.2) is 8.78 Å². The summed E-state index contributed by atoms with van der Waals surface area (Å²) < 4.78 is 26.1. The average molecular weight is 250 g/mol. The third-order valence-electron chi connectivity index (χ3n) is 4.33. The van der Waals surface area contributed by atoms with Crippen molar-refractivity contribution in [3.8, 4) is 0 Å². The molecule has 3 rings (SSSR count). The molecule has 2 unspecified atom stereocenters. The second kappa shape index (κ2) is 4.45. The molecule has 18 heavy (non-hydrogen) atoms. The predicted molar refractivity (Wildman–Crippen MR) is 64.0 cm³/mol. The smallest absolute Gasteiger partial charge is 0.140 e. The zero-order chi connectivity index (χ0) is 12.7. The van der Waals surface area contributed by atoms with Gasteiger partial charge in [0.1, 0.15) is 17.4 Å². The number of benzene rings is 1. The summed E-state index contributed by atoms with van der Waals surface area (Å²) in [7, 11) is 0. The second-order valence-electron chi connectivity index (χ2n) is 5.56. The number of carbonyl (C=O) groups is 1. The quantitative estimate of drug-likeness (QED) is 0.802. The molecule has 1 aromatic rings. The molecule has 0 heterocycles. The summed E-state index contributed by atoms with van der Waals surface area (Å²) in [5, 5.41) is 0. The van der Waals surface area contributed by atoms with Gasteiger partial charge in [0.15, 0.2) is 0 Å². The van der Waals surface area contributed by atoms with Crippen LogP contribution >= 0.6 is 0 Å². The number of Topliss-reactive ketones (excluding diaryl/α,β-unsaturated/α-hetero) is 1. The first kappa shape index (κ1) is 11.8. The van der Waals surface area contributed by atoms with Crippen molar-refractivity contribution in [2.45, 2.75) is 32.1 Å². The molecule has 2 aliphatic rings. The summed E-state index contributed by atoms with van der Waals surface area (Å²) in [5.41, 5.74) is 0.459. The molecule has 3 heteroatoms. The number of hydrogen-bond donors (Lipinski definition) is 0. The summed E-state index contributed by atoms with van der Waals surface area (Å²) in [6, 6.07) is 3.35. The van der Waals surface area contributed by atoms with Crippen LogP contribution in [0.3, 0.4) is 0 Å². The van der Waals surface area contributed by atoms with E-state index in [1.54, 1.807) is 0 Å². The minimum Gasteiger partial charge on any atom is -0.299 e. The normalized spacial score (nSPS) is 29.8. The molecule has 1 nitrogen and oxygen atoms in total. The lowest BCUT2D eigenvalue weighted by atomic mass is 10.0. The molecule has 0 radical (unpaired) electrons. The van der Waals surface area contributed by atoms with Gasteiger partial charge in [-0.1, -0.05) is 12.8 Å². The Morgan fingerprint density at radius 3 is 2.17 bits per heavy atom. The molecular formula is C15H16F2O. The van der Waals surface area contributed by atoms with E-state index in [-0.39, 0.29) is 18.1 Å². The molecular weight excluding hydrogens is 234 g/mol. The molecule has 2 atom stereocenters. The SMILES string of the molecule is O=C(Cc1cc(F)cc(F)c1)C1C2CCCCC21. The molecule has 0 bridgehead atoms. The van der Waals surface area contributed by atoms with Crippen LogP contribution in [0.4, 0.5) is 8.78 Å². The average Bonchev–Trinajstić information content (AvgIpc) is 3.01. The Morgan fingerprint density at radius 2 is 1.61 bits per heavy atom. The van der Waals surface area contributed by atoms with E-state index in [1.807, 2.05) is 0 Å². The van der Waals surface area contributed by atoms with E-state index in [0.29, 0.717) is 17.4 Å². The van der Waals surface area contributed by atoms with Crippen LogP contribution in [0.2, 0.25) is 0 Å². The number of halogens is 2. The molecule has 2 saturated carbocycles. The van der Waals surface area contributed by atoms with Crippen molar-refractivity contribution in [2.75, 3.05) is 0 Å². The predicted octanol–water partition coefficient (Wildman–Crippen LogP) is 3.51. The van der Waals surface area contributed by atoms with Gasteiger partial charge in [-0.05, 0) is 42.4 Å². The standard InChI is InChI=1S/C15H16F2O/c16-10-5-9(6-11(17)8-10)7-14(18)15-12-3-1-2-4-13(12)15/h5-6,8,12-13,15H,1-4,7H2. The van der Waals surface area contributed by atoms with Crippen molar-refractivity contribution >= 4 is 5.78 Å². The van der Waals surface area contributed by atoms with Gasteiger partial charge in [0.2, 0.25) is 0 Å². The summed E-state index contributed by atoms with van der Waals surface area (Å²) in [6.45, 7) is 0. The number of carbonyl (C=O) groups excluding carboxylic acids is 1. The van der Waals surface area contributed by atoms with Gasteiger partial charge in [-0.2, -0.15) is 0 Å². The highest BCUT2D eigenvalue weighted by Crippen LogP contribution is 2.56. The van der Waals surface area contributed by atoms with Gasteiger partial charge in [0, 0.05) is 18.4 Å². The summed E-state index contributed by atoms with van der Waals surface area (Å²) in [6.07, 6.45) is 4.92. The summed E-state index contributed by atoms with van der Waals surface area (Å²) >= 11 is 0. The Bertz CT molecular complexity index is 451. The van der Waals surface area contributed by atoms with E-state index in [2.05, 4.69) is 0 Å². The van der Waals surface area contributed by atoms with E-state index in [9.17, 15) is 13.6 Å². The van der Waals surface area contributed by atoms with Gasteiger partial charge in [-0.3, -0.25) is 4.79 Å². The van der Waals surface area contributed by atoms with E-state index >= 15 is 0 Å². The second-order valence-corrected chi connectivity index (χ2v) is 5.56. The van der Waals surface area contributed by atoms with Crippen molar-refractivity contribution in [1.82, 2.24) is 0 Å². The minimum atomic E-state index is -0.606. The molecule has 96 valence electrons. The Kier molecular flexibility index (Phi) is 2.92. The van der Waals surface area contributed by atoms with E-state index in [1.165, 1.54) is 25.0 Å². The van der Waals surface area contributed by atoms with Gasteiger partial charge in [0.05, 0.1) is 0 Å². The third kappa shape index (κ3) is 2.18. The molecule has 1 aromatic carbocycles. The Hall–Kier alpha value is -1.25. The first-order valence-corrected chi connectivity index (χ1v) is 6.63. The highest BCUT2D eigenvalue weighted by molar-refractivity contribution is 5.86. The van der Waals surface area contributed by atoms with Crippen molar-refractivity contribution in [1.29, 1.82) is 0 Å². The van der Waals surface area contributed by atoms with Gasteiger partial charge in [-0.15, -0.1) is 0 Å². The van der Waals surface area contributed by atoms with Gasteiger partial charge >= 0.3 is 0 Å². The number of ketones is 1. The van der Waals surface area contributed by atoms with Crippen molar-refractivity contribution in [3.05, 3.63) is 35.4 Å². The Morgan fingerprint density at radius 1 is 1.06 bits per heavy atom. The molecule has 0 amide bonds. The minimum absolute atomic E-state index is 0.164. The van der Waals surface area contributed by atoms with Gasteiger partial charge in [0.25, 0.3) is 0 Å². The number of rotatable bonds is 3. The lowest BCUT2D eigenvalue weighted by molar-refractivity contribution is -0.120. The Labute approximate surface area is 105 Å². The summed E-state index contributed by atoms with van der Waals surface area (Å²) in [5.74, 6) is 0.238. The molecule has 0 spiro atoms. The van der Waals surface area contributed by atoms with Crippen molar-refractivity contribution in [3.63, 3.8) is 0 Å². The Balaban J connectivity index is 1.68. The zero-order valence-corrected chi connectivity index (χ0v) is 10.2. The number of hydrogen-bond acceptors (Lipinski definition) is 1. The largest absolute Gasteiger partial charge is 0.299 e. The van der Waals surface area contributed by atoms with Crippen LogP contribution in [0, 0.1) is 29.4 Å². The van der Waals surface area contributed by atoms with Crippen LogP contribution < -0.4 is 0 Å². The number of fused-ring (bicyclic) bond motifs is 1. The molecule has 2 aliphatic carbocycles. The first-order chi connectivity index (χ1) is 8.65. The van der Waals surface area contributed by atoms with Gasteiger partial charge < -0.3 is 0 Å². The fraction of sp³-hybridized carbons (Fsp3) is 0.533. The van der Waals surface area contributed by atoms with Crippen LogP contribution in [-0.4, -0.2) is 5.78 Å². The van der Waals surface area contributed by atoms with Crippen LogP contribution in [0.25, 0.3) is 0 Å². The molecule has 0 saturated heterocycles. The van der Waals surface area contributed by atoms with Crippen molar-refractivity contribution < 1.29 is 13.6 Å². The monoisotopic (exact) mass is 250 g/mol. The molecule has 0 N–H and O–H groups in total. The van der Waals surface area contributed by atoms with Crippen molar-refractivity contribution in [2.24, 2.45) is 17.8 Å². The fourth-order valence-electron chi connectivity index (χ4n) is 3.50. The lowest BCUT2D eigenvalue weighted by Crippen LogP contribution is -2.08. The molecule has 2 fully saturated rings. The highest BCUT2D eigenvalue weighted by atomic mass is 19.1. The first-order valence-electron chi connectivity index (χ1n) is 6.63. The van der Waals surface area contributed by atoms with Crippen LogP contribution in [0.1, 0.15) is 31.2 Å². The van der Waals surface area contributed by atoms with E-state index < -0.39 is 11.6 Å². The van der Waals surface area contributed by atoms with Crippen LogP contribution in [-0.2, 0) is 11.2 Å². The van der Waals surface area contributed by atoms with Crippen LogP contribution in [0.5, 0.6) is 0 Å². The fourth-order valence-corrected chi connectivity index (χ4v) is 3.50.